The van der Waals surface area contributed by atoms with Crippen molar-refractivity contribution in [3.05, 3.63) is 39.4 Å². The van der Waals surface area contributed by atoms with Gasteiger partial charge in [-0.15, -0.1) is 0 Å². The highest BCUT2D eigenvalue weighted by Crippen LogP contribution is 2.28. The van der Waals surface area contributed by atoms with Crippen LogP contribution in [0, 0.1) is 11.3 Å². The van der Waals surface area contributed by atoms with Gasteiger partial charge in [0.1, 0.15) is 11.6 Å². The van der Waals surface area contributed by atoms with Gasteiger partial charge in [0, 0.05) is 5.02 Å². The Morgan fingerprint density at radius 3 is 2.38 bits per heavy atom. The van der Waals surface area contributed by atoms with Gasteiger partial charge in [0.15, 0.2) is 0 Å². The number of nitrogens with zero attached hydrogens (tertiary/aromatic N) is 1. The van der Waals surface area contributed by atoms with E-state index in [0.29, 0.717) is 15.7 Å². The zero-order chi connectivity index (χ0) is 15.2. The number of rotatable bonds is 2. The van der Waals surface area contributed by atoms with Crippen LogP contribution in [0.25, 0.3) is 0 Å². The molecule has 1 aromatic rings. The average molecular weight is 323 g/mol. The first-order valence-corrected chi connectivity index (χ1v) is 7.76. The maximum atomic E-state index is 12.3. The van der Waals surface area contributed by atoms with Gasteiger partial charge >= 0.3 is 0 Å². The summed E-state index contributed by atoms with van der Waals surface area (Å²) in [5.41, 5.74) is 1.65. The first-order valence-electron chi connectivity index (χ1n) is 7.00. The SMILES string of the molecule is N#CC(C(=O)Nc1ccc(Cl)cc1Cl)=C1CCCCCC1. The molecular formula is C16H16Cl2N2O. The minimum absolute atomic E-state index is 0.225. The van der Waals surface area contributed by atoms with Crippen molar-refractivity contribution in [2.75, 3.05) is 5.32 Å². The molecule has 1 N–H and O–H groups in total. The standard InChI is InChI=1S/C16H16Cl2N2O/c17-12-7-8-15(14(18)9-12)20-16(21)13(10-19)11-5-3-1-2-4-6-11/h7-9H,1-6H2,(H,20,21). The highest BCUT2D eigenvalue weighted by molar-refractivity contribution is 6.36. The molecule has 3 nitrogen and oxygen atoms in total. The van der Waals surface area contributed by atoms with Crippen molar-refractivity contribution in [2.24, 2.45) is 0 Å². The minimum Gasteiger partial charge on any atom is -0.320 e. The minimum atomic E-state index is -0.390. The number of hydrogen-bond acceptors (Lipinski definition) is 2. The van der Waals surface area contributed by atoms with E-state index in [9.17, 15) is 10.1 Å². The number of benzene rings is 1. The molecule has 0 saturated heterocycles. The fraction of sp³-hybridized carbons (Fsp3) is 0.375. The van der Waals surface area contributed by atoms with E-state index in [1.807, 2.05) is 6.07 Å². The highest BCUT2D eigenvalue weighted by Gasteiger charge is 2.17. The summed E-state index contributed by atoms with van der Waals surface area (Å²) in [5, 5.41) is 12.9. The summed E-state index contributed by atoms with van der Waals surface area (Å²) in [6.45, 7) is 0. The summed E-state index contributed by atoms with van der Waals surface area (Å²) < 4.78 is 0. The van der Waals surface area contributed by atoms with Gasteiger partial charge in [-0.05, 0) is 49.5 Å². The van der Waals surface area contributed by atoms with Gasteiger partial charge in [-0.25, -0.2) is 0 Å². The largest absolute Gasteiger partial charge is 0.320 e. The fourth-order valence-corrected chi connectivity index (χ4v) is 2.93. The number of nitriles is 1. The van der Waals surface area contributed by atoms with E-state index < -0.39 is 5.91 Å². The second kappa shape index (κ2) is 7.49. The Labute approximate surface area is 134 Å². The van der Waals surface area contributed by atoms with Crippen LogP contribution in [0.5, 0.6) is 0 Å². The van der Waals surface area contributed by atoms with Crippen LogP contribution in [0.3, 0.4) is 0 Å². The Balaban J connectivity index is 2.20. The van der Waals surface area contributed by atoms with Crippen LogP contribution >= 0.6 is 23.2 Å². The van der Waals surface area contributed by atoms with Crippen molar-refractivity contribution in [3.63, 3.8) is 0 Å². The third kappa shape index (κ3) is 4.23. The van der Waals surface area contributed by atoms with Crippen LogP contribution in [0.15, 0.2) is 29.3 Å². The normalized spacial score (nSPS) is 15.0. The molecule has 0 heterocycles. The van der Waals surface area contributed by atoms with Gasteiger partial charge in [-0.2, -0.15) is 5.26 Å². The Morgan fingerprint density at radius 1 is 1.14 bits per heavy atom. The zero-order valence-electron chi connectivity index (χ0n) is 11.6. The Hall–Kier alpha value is -1.50. The molecule has 1 saturated carbocycles. The Kier molecular flexibility index (Phi) is 5.67. The Bertz CT molecular complexity index is 607. The van der Waals surface area contributed by atoms with E-state index in [4.69, 9.17) is 23.2 Å². The molecule has 1 fully saturated rings. The maximum absolute atomic E-state index is 12.3. The molecule has 0 aromatic heterocycles. The summed E-state index contributed by atoms with van der Waals surface area (Å²) in [6, 6.07) is 6.89. The molecule has 1 amide bonds. The molecule has 1 aromatic carbocycles. The monoisotopic (exact) mass is 322 g/mol. The molecule has 0 bridgehead atoms. The van der Waals surface area contributed by atoms with Crippen LogP contribution in [0.4, 0.5) is 5.69 Å². The first kappa shape index (κ1) is 15.9. The number of amides is 1. The summed E-state index contributed by atoms with van der Waals surface area (Å²) in [7, 11) is 0. The van der Waals surface area contributed by atoms with Crippen LogP contribution in [-0.4, -0.2) is 5.91 Å². The number of anilines is 1. The molecule has 0 aliphatic heterocycles. The quantitative estimate of drug-likeness (QED) is 0.467. The van der Waals surface area contributed by atoms with Gasteiger partial charge < -0.3 is 5.32 Å². The molecular weight excluding hydrogens is 307 g/mol. The van der Waals surface area contributed by atoms with Gasteiger partial charge in [-0.1, -0.05) is 36.0 Å². The van der Waals surface area contributed by atoms with E-state index in [1.54, 1.807) is 18.2 Å². The van der Waals surface area contributed by atoms with E-state index >= 15 is 0 Å². The number of halogens is 2. The Morgan fingerprint density at radius 2 is 1.81 bits per heavy atom. The molecule has 21 heavy (non-hydrogen) atoms. The topological polar surface area (TPSA) is 52.9 Å². The third-order valence-electron chi connectivity index (χ3n) is 3.58. The molecule has 0 atom stereocenters. The fourth-order valence-electron chi connectivity index (χ4n) is 2.47. The number of carbonyl (C=O) groups excluding carboxylic acids is 1. The molecule has 0 spiro atoms. The number of carbonyl (C=O) groups is 1. The summed E-state index contributed by atoms with van der Waals surface area (Å²) in [4.78, 5) is 12.3. The van der Waals surface area contributed by atoms with E-state index in [-0.39, 0.29) is 5.57 Å². The highest BCUT2D eigenvalue weighted by atomic mass is 35.5. The van der Waals surface area contributed by atoms with Crippen molar-refractivity contribution < 1.29 is 4.79 Å². The summed E-state index contributed by atoms with van der Waals surface area (Å²) in [6.07, 6.45) is 6.04. The molecule has 2 rings (SSSR count). The lowest BCUT2D eigenvalue weighted by molar-refractivity contribution is -0.112. The molecule has 1 aliphatic rings. The zero-order valence-corrected chi connectivity index (χ0v) is 13.1. The molecule has 110 valence electrons. The van der Waals surface area contributed by atoms with E-state index in [0.717, 1.165) is 44.1 Å². The van der Waals surface area contributed by atoms with Gasteiger partial charge in [0.2, 0.25) is 0 Å². The van der Waals surface area contributed by atoms with Crippen LogP contribution < -0.4 is 5.32 Å². The summed E-state index contributed by atoms with van der Waals surface area (Å²) in [5.74, 6) is -0.390. The smallest absolute Gasteiger partial charge is 0.266 e. The lowest BCUT2D eigenvalue weighted by Crippen LogP contribution is -2.15. The van der Waals surface area contributed by atoms with Crippen molar-refractivity contribution in [1.82, 2.24) is 0 Å². The summed E-state index contributed by atoms with van der Waals surface area (Å²) >= 11 is 11.9. The van der Waals surface area contributed by atoms with Crippen molar-refractivity contribution in [3.8, 4) is 6.07 Å². The first-order chi connectivity index (χ1) is 10.1. The molecule has 5 heteroatoms. The second-order valence-electron chi connectivity index (χ2n) is 5.08. The lowest BCUT2D eigenvalue weighted by atomic mass is 10.0. The third-order valence-corrected chi connectivity index (χ3v) is 4.13. The molecule has 0 unspecified atom stereocenters. The van der Waals surface area contributed by atoms with Crippen LogP contribution in [-0.2, 0) is 4.79 Å². The van der Waals surface area contributed by atoms with Gasteiger partial charge in [0.25, 0.3) is 5.91 Å². The second-order valence-corrected chi connectivity index (χ2v) is 5.93. The van der Waals surface area contributed by atoms with Crippen LogP contribution in [0.1, 0.15) is 38.5 Å². The van der Waals surface area contributed by atoms with Crippen molar-refractivity contribution >= 4 is 34.8 Å². The van der Waals surface area contributed by atoms with Crippen molar-refractivity contribution in [1.29, 1.82) is 5.26 Å². The van der Waals surface area contributed by atoms with Crippen LogP contribution in [0.2, 0.25) is 10.0 Å². The van der Waals surface area contributed by atoms with Gasteiger partial charge in [0.05, 0.1) is 10.7 Å². The van der Waals surface area contributed by atoms with Gasteiger partial charge in [-0.3, -0.25) is 4.79 Å². The van der Waals surface area contributed by atoms with E-state index in [1.165, 1.54) is 0 Å². The molecule has 1 aliphatic carbocycles. The number of nitrogens with one attached hydrogen (secondary N) is 1. The number of hydrogen-bond donors (Lipinski definition) is 1. The predicted molar refractivity (Wildman–Crippen MR) is 85.4 cm³/mol. The molecule has 0 radical (unpaired) electrons. The number of allylic oxidation sites excluding steroid dienone is 1. The average Bonchev–Trinajstić information content (AvgIpc) is 2.72. The predicted octanol–water partition coefficient (Wildman–Crippen LogP) is 5.11. The maximum Gasteiger partial charge on any atom is 0.266 e. The van der Waals surface area contributed by atoms with E-state index in [2.05, 4.69) is 5.32 Å². The van der Waals surface area contributed by atoms with Crippen molar-refractivity contribution in [2.45, 2.75) is 38.5 Å². The lowest BCUT2D eigenvalue weighted by Gasteiger charge is -2.10.